The van der Waals surface area contributed by atoms with E-state index in [0.29, 0.717) is 0 Å². The van der Waals surface area contributed by atoms with Gasteiger partial charge in [-0.1, -0.05) is 0 Å². The van der Waals surface area contributed by atoms with Gasteiger partial charge in [-0.15, -0.1) is 0 Å². The van der Waals surface area contributed by atoms with Crippen LogP contribution in [-0.4, -0.2) is 17.0 Å². The molecule has 0 atom stereocenters. The summed E-state index contributed by atoms with van der Waals surface area (Å²) in [5, 5.41) is 8.01. The van der Waals surface area contributed by atoms with Crippen molar-refractivity contribution >= 4 is 11.9 Å². The fourth-order valence-corrected chi connectivity index (χ4v) is 0.268. The van der Waals surface area contributed by atoms with Crippen molar-refractivity contribution in [3.05, 3.63) is 0 Å². The van der Waals surface area contributed by atoms with Crippen LogP contribution in [0.3, 0.4) is 0 Å². The van der Waals surface area contributed by atoms with Gasteiger partial charge >= 0.3 is 11.9 Å². The minimum atomic E-state index is -1.04. The second kappa shape index (κ2) is 6.54. The van der Waals surface area contributed by atoms with Crippen molar-refractivity contribution in [2.75, 3.05) is 0 Å². The van der Waals surface area contributed by atoms with Crippen molar-refractivity contribution < 1.29 is 36.6 Å². The van der Waals surface area contributed by atoms with Gasteiger partial charge in [0.1, 0.15) is 0 Å². The summed E-state index contributed by atoms with van der Waals surface area (Å²) < 4.78 is 0. The predicted octanol–water partition coefficient (Wildman–Crippen LogP) is -0.734. The van der Waals surface area contributed by atoms with Crippen LogP contribution < -0.4 is 5.90 Å². The number of carbonyl (C=O) groups excluding carboxylic acids is 1. The van der Waals surface area contributed by atoms with Gasteiger partial charge in [0, 0.05) is 17.1 Å². The summed E-state index contributed by atoms with van der Waals surface area (Å²) in [6.07, 6.45) is -0.415. The molecule has 10 heavy (non-hydrogen) atoms. The molecule has 0 aromatic rings. The maximum Gasteiger partial charge on any atom is 0.325 e. The molecule has 0 bridgehead atoms. The zero-order valence-electron chi connectivity index (χ0n) is 5.02. The molecule has 0 aliphatic heterocycles. The predicted molar refractivity (Wildman–Crippen MR) is 27.1 cm³/mol. The first kappa shape index (κ1) is 12.1. The summed E-state index contributed by atoms with van der Waals surface area (Å²) in [4.78, 5) is 23.6. The molecule has 0 aliphatic rings. The minimum absolute atomic E-state index is 0. The summed E-state index contributed by atoms with van der Waals surface area (Å²) >= 11 is 0. The van der Waals surface area contributed by atoms with E-state index in [9.17, 15) is 9.59 Å². The molecule has 0 spiro atoms. The van der Waals surface area contributed by atoms with Crippen LogP contribution in [0.25, 0.3) is 0 Å². The van der Waals surface area contributed by atoms with Crippen LogP contribution in [0.5, 0.6) is 0 Å². The minimum Gasteiger partial charge on any atom is -0.481 e. The number of carboxylic acids is 1. The smallest absolute Gasteiger partial charge is 0.325 e. The van der Waals surface area contributed by atoms with Crippen molar-refractivity contribution in [3.8, 4) is 0 Å². The van der Waals surface area contributed by atoms with Crippen LogP contribution in [0, 0.1) is 0 Å². The van der Waals surface area contributed by atoms with E-state index < -0.39 is 11.9 Å². The van der Waals surface area contributed by atoms with Gasteiger partial charge in [0.2, 0.25) is 0 Å². The Morgan fingerprint density at radius 2 is 1.90 bits per heavy atom. The number of carboxylic acid groups (broad SMARTS) is 1. The fourth-order valence-electron chi connectivity index (χ4n) is 0.268. The zero-order valence-corrected chi connectivity index (χ0v) is 6.12. The third kappa shape index (κ3) is 7.42. The summed E-state index contributed by atoms with van der Waals surface area (Å²) in [5.41, 5.74) is 0. The molecule has 3 N–H and O–H groups in total. The first-order valence-electron chi connectivity index (χ1n) is 2.28. The van der Waals surface area contributed by atoms with E-state index in [4.69, 9.17) is 5.11 Å². The quantitative estimate of drug-likeness (QED) is 0.451. The van der Waals surface area contributed by atoms with Gasteiger partial charge in [-0.3, -0.25) is 9.59 Å². The molecule has 0 rings (SSSR count). The largest absolute Gasteiger partial charge is 0.481 e. The number of hydrogen-bond donors (Lipinski definition) is 2. The maximum absolute atomic E-state index is 10.1. The Bertz CT molecular complexity index is 126. The van der Waals surface area contributed by atoms with Gasteiger partial charge < -0.3 is 9.94 Å². The molecule has 0 heterocycles. The Labute approximate surface area is 68.0 Å². The second-order valence-electron chi connectivity index (χ2n) is 1.38. The molecule has 0 saturated carbocycles. The summed E-state index contributed by atoms with van der Waals surface area (Å²) in [6.45, 7) is 0. The normalized spacial score (nSPS) is 7.70. The second-order valence-corrected chi connectivity index (χ2v) is 1.38. The standard InChI is InChI=1S/C4H7NO4.Fe/c5-9-4(8)2-1-3(6)7;/h1-2,5H2,(H,6,7);. The van der Waals surface area contributed by atoms with Gasteiger partial charge in [0.15, 0.2) is 0 Å². The van der Waals surface area contributed by atoms with Gasteiger partial charge in [0.25, 0.3) is 0 Å². The molecule has 0 unspecified atom stereocenters. The zero-order chi connectivity index (χ0) is 7.28. The van der Waals surface area contributed by atoms with E-state index in [1.54, 1.807) is 0 Å². The van der Waals surface area contributed by atoms with Crippen LogP contribution in [-0.2, 0) is 31.5 Å². The van der Waals surface area contributed by atoms with Gasteiger partial charge in [-0.25, -0.2) is 0 Å². The van der Waals surface area contributed by atoms with E-state index >= 15 is 0 Å². The third-order valence-corrected chi connectivity index (χ3v) is 0.674. The number of aliphatic carboxylic acids is 1. The van der Waals surface area contributed by atoms with Crippen LogP contribution in [0.2, 0.25) is 0 Å². The Morgan fingerprint density at radius 1 is 1.40 bits per heavy atom. The summed E-state index contributed by atoms with van der Waals surface area (Å²) in [6, 6.07) is 0. The average Bonchev–Trinajstić information content (AvgIpc) is 1.83. The molecule has 0 fully saturated rings. The molecule has 6 heteroatoms. The molecule has 0 aliphatic carbocycles. The average molecular weight is 189 g/mol. The maximum atomic E-state index is 10.1. The van der Waals surface area contributed by atoms with E-state index in [1.165, 1.54) is 0 Å². The van der Waals surface area contributed by atoms with Gasteiger partial charge in [-0.2, -0.15) is 5.90 Å². The van der Waals surface area contributed by atoms with Gasteiger partial charge in [0.05, 0.1) is 12.8 Å². The first-order chi connectivity index (χ1) is 4.16. The molecule has 0 radical (unpaired) electrons. The molecule has 0 amide bonds. The third-order valence-electron chi connectivity index (χ3n) is 0.674. The van der Waals surface area contributed by atoms with E-state index in [1.807, 2.05) is 0 Å². The number of nitrogens with two attached hydrogens (primary N) is 1. The SMILES string of the molecule is NOC(=O)CCC(=O)O.[Fe]. The van der Waals surface area contributed by atoms with Crippen LogP contribution in [0.1, 0.15) is 12.8 Å². The van der Waals surface area contributed by atoms with Crippen molar-refractivity contribution in [2.24, 2.45) is 5.90 Å². The summed E-state index contributed by atoms with van der Waals surface area (Å²) in [7, 11) is 0. The monoisotopic (exact) mass is 189 g/mol. The molecule has 0 aromatic heterocycles. The van der Waals surface area contributed by atoms with Crippen molar-refractivity contribution in [2.45, 2.75) is 12.8 Å². The Morgan fingerprint density at radius 3 is 2.20 bits per heavy atom. The number of carbonyl (C=O) groups is 2. The molecular formula is C4H7FeNO4. The van der Waals surface area contributed by atoms with Crippen molar-refractivity contribution in [3.63, 3.8) is 0 Å². The van der Waals surface area contributed by atoms with Crippen molar-refractivity contribution in [1.29, 1.82) is 0 Å². The van der Waals surface area contributed by atoms with E-state index in [0.717, 1.165) is 0 Å². The fraction of sp³-hybridized carbons (Fsp3) is 0.500. The topological polar surface area (TPSA) is 89.6 Å². The van der Waals surface area contributed by atoms with Gasteiger partial charge in [-0.05, 0) is 0 Å². The van der Waals surface area contributed by atoms with E-state index in [-0.39, 0.29) is 29.9 Å². The molecule has 60 valence electrons. The number of hydrogen-bond acceptors (Lipinski definition) is 4. The van der Waals surface area contributed by atoms with Crippen LogP contribution in [0.4, 0.5) is 0 Å². The summed E-state index contributed by atoms with van der Waals surface area (Å²) in [5.74, 6) is 2.66. The molecular weight excluding hydrogens is 182 g/mol. The Hall–Kier alpha value is -0.581. The molecule has 0 saturated heterocycles. The first-order valence-corrected chi connectivity index (χ1v) is 2.28. The molecule has 0 aromatic carbocycles. The Balaban J connectivity index is 0. The van der Waals surface area contributed by atoms with Crippen molar-refractivity contribution in [1.82, 2.24) is 0 Å². The van der Waals surface area contributed by atoms with Crippen LogP contribution in [0.15, 0.2) is 0 Å². The molecule has 5 nitrogen and oxygen atoms in total. The van der Waals surface area contributed by atoms with E-state index in [2.05, 4.69) is 10.7 Å². The van der Waals surface area contributed by atoms with Crippen LogP contribution >= 0.6 is 0 Å². The number of rotatable bonds is 3. The Kier molecular flexibility index (Phi) is 7.93.